The number of hydrogen-bond acceptors (Lipinski definition) is 4. The van der Waals surface area contributed by atoms with E-state index in [1.807, 2.05) is 70.9 Å². The average molecular weight is 611 g/mol. The number of halogens is 1. The maximum absolute atomic E-state index is 14.2. The largest absolute Gasteiger partial charge is 0.481 e. The number of fused-ring (bicyclic) bond motifs is 1. The highest BCUT2D eigenvalue weighted by atomic mass is 35.5. The zero-order chi connectivity index (χ0) is 30.2. The molecule has 43 heavy (non-hydrogen) atoms. The molecule has 0 unspecified atom stereocenters. The van der Waals surface area contributed by atoms with Gasteiger partial charge in [0.1, 0.15) is 0 Å². The summed E-state index contributed by atoms with van der Waals surface area (Å²) in [6.07, 6.45) is 0.536. The Morgan fingerprint density at radius 3 is 2.23 bits per heavy atom. The van der Waals surface area contributed by atoms with E-state index in [0.29, 0.717) is 35.7 Å². The molecular weight excluding hydrogens is 580 g/mol. The Labute approximate surface area is 259 Å². The maximum atomic E-state index is 14.2. The molecule has 1 heterocycles. The molecule has 0 saturated carbocycles. The minimum Gasteiger partial charge on any atom is -0.481 e. The molecule has 0 saturated heterocycles. The van der Waals surface area contributed by atoms with Crippen LogP contribution in [0.25, 0.3) is 10.1 Å². The molecule has 0 radical (unpaired) electrons. The maximum Gasteiger partial charge on any atom is 0.305 e. The van der Waals surface area contributed by atoms with Crippen LogP contribution in [0.1, 0.15) is 56.2 Å². The topological polar surface area (TPSA) is 86.7 Å². The third-order valence-electron chi connectivity index (χ3n) is 7.33. The van der Waals surface area contributed by atoms with Crippen molar-refractivity contribution in [1.29, 1.82) is 0 Å². The van der Waals surface area contributed by atoms with Gasteiger partial charge in [-0.3, -0.25) is 14.4 Å². The summed E-state index contributed by atoms with van der Waals surface area (Å²) in [6.45, 7) is 0.806. The Balaban J connectivity index is 1.44. The van der Waals surface area contributed by atoms with E-state index in [1.165, 1.54) is 22.5 Å². The number of nitrogens with zero attached hydrogens (tertiary/aromatic N) is 1. The number of thiophene rings is 1. The van der Waals surface area contributed by atoms with Crippen LogP contribution in [0.2, 0.25) is 5.02 Å². The summed E-state index contributed by atoms with van der Waals surface area (Å²) >= 11 is 7.82. The van der Waals surface area contributed by atoms with Crippen LogP contribution in [0.5, 0.6) is 0 Å². The van der Waals surface area contributed by atoms with Gasteiger partial charge in [-0.1, -0.05) is 84.4 Å². The van der Waals surface area contributed by atoms with E-state index in [4.69, 9.17) is 16.7 Å². The summed E-state index contributed by atoms with van der Waals surface area (Å²) < 4.78 is 0.985. The highest BCUT2D eigenvalue weighted by Gasteiger charge is 2.23. The summed E-state index contributed by atoms with van der Waals surface area (Å²) in [5.74, 6) is -1.36. The molecule has 0 atom stereocenters. The van der Waals surface area contributed by atoms with Crippen molar-refractivity contribution in [2.75, 3.05) is 13.1 Å². The summed E-state index contributed by atoms with van der Waals surface area (Å²) in [7, 11) is 0. The van der Waals surface area contributed by atoms with Crippen molar-refractivity contribution in [3.8, 4) is 0 Å². The molecule has 0 aliphatic rings. The highest BCUT2D eigenvalue weighted by Crippen LogP contribution is 2.32. The Bertz CT molecular complexity index is 1680. The van der Waals surface area contributed by atoms with Crippen LogP contribution >= 0.6 is 22.9 Å². The van der Waals surface area contributed by atoms with E-state index in [-0.39, 0.29) is 30.7 Å². The van der Waals surface area contributed by atoms with Crippen LogP contribution in [0.4, 0.5) is 0 Å². The Kier molecular flexibility index (Phi) is 9.87. The van der Waals surface area contributed by atoms with Gasteiger partial charge in [0.05, 0.1) is 12.0 Å². The summed E-state index contributed by atoms with van der Waals surface area (Å²) in [5.41, 5.74) is 4.16. The molecule has 8 heteroatoms. The first-order chi connectivity index (χ1) is 20.9. The number of amides is 2. The van der Waals surface area contributed by atoms with E-state index in [0.717, 1.165) is 15.6 Å². The number of carboxylic acids is 1. The molecule has 4 aromatic carbocycles. The number of hydrogen-bond donors (Lipinski definition) is 2. The second kappa shape index (κ2) is 14.1. The lowest BCUT2D eigenvalue weighted by atomic mass is 9.88. The zero-order valence-electron chi connectivity index (χ0n) is 23.4. The van der Waals surface area contributed by atoms with Gasteiger partial charge in [0, 0.05) is 51.6 Å². The Hall–Kier alpha value is -4.46. The van der Waals surface area contributed by atoms with Crippen LogP contribution in [-0.2, 0) is 11.3 Å². The molecule has 5 aromatic rings. The van der Waals surface area contributed by atoms with E-state index in [2.05, 4.69) is 29.6 Å². The zero-order valence-corrected chi connectivity index (χ0v) is 25.0. The quantitative estimate of drug-likeness (QED) is 0.152. The lowest BCUT2D eigenvalue weighted by Crippen LogP contribution is -2.32. The van der Waals surface area contributed by atoms with Gasteiger partial charge in [0.15, 0.2) is 0 Å². The van der Waals surface area contributed by atoms with Crippen molar-refractivity contribution >= 4 is 50.8 Å². The third-order valence-corrected chi connectivity index (χ3v) is 8.53. The van der Waals surface area contributed by atoms with Gasteiger partial charge in [-0.2, -0.15) is 0 Å². The van der Waals surface area contributed by atoms with Crippen molar-refractivity contribution in [1.82, 2.24) is 10.2 Å². The van der Waals surface area contributed by atoms with Gasteiger partial charge < -0.3 is 15.3 Å². The molecule has 0 aliphatic carbocycles. The van der Waals surface area contributed by atoms with Crippen molar-refractivity contribution in [2.24, 2.45) is 0 Å². The predicted molar refractivity (Wildman–Crippen MR) is 172 cm³/mol. The molecular formula is C35H31ClN2O4S. The standard InChI is InChI=1S/C35H31ClN2O4S/c36-28-14-15-32-30(21-28)31(23-43-32)35(42)38(22-24-8-7-13-27(20-24)34(41)37-18-16-33(39)40)19-17-29(25-9-3-1-4-10-25)26-11-5-2-6-12-26/h1-15,20-21,23,29H,16-19,22H2,(H,37,41)(H,39,40). The molecule has 6 nitrogen and oxygen atoms in total. The normalized spacial score (nSPS) is 11.0. The molecule has 2 N–H and O–H groups in total. The average Bonchev–Trinajstić information content (AvgIpc) is 3.44. The van der Waals surface area contributed by atoms with E-state index in [1.54, 1.807) is 18.2 Å². The van der Waals surface area contributed by atoms with Gasteiger partial charge in [0.25, 0.3) is 11.8 Å². The molecule has 0 fully saturated rings. The van der Waals surface area contributed by atoms with Crippen molar-refractivity contribution in [3.05, 3.63) is 141 Å². The fourth-order valence-corrected chi connectivity index (χ4v) is 6.27. The summed E-state index contributed by atoms with van der Waals surface area (Å²) in [4.78, 5) is 39.6. The van der Waals surface area contributed by atoms with Gasteiger partial charge in [-0.15, -0.1) is 11.3 Å². The number of carbonyl (C=O) groups excluding carboxylic acids is 2. The van der Waals surface area contributed by atoms with Crippen LogP contribution in [0.3, 0.4) is 0 Å². The minimum atomic E-state index is -0.977. The number of carbonyl (C=O) groups is 3. The summed E-state index contributed by atoms with van der Waals surface area (Å²) in [6, 6.07) is 33.3. The smallest absolute Gasteiger partial charge is 0.305 e. The predicted octanol–water partition coefficient (Wildman–Crippen LogP) is 7.62. The van der Waals surface area contributed by atoms with Crippen molar-refractivity contribution < 1.29 is 19.5 Å². The molecule has 2 amide bonds. The lowest BCUT2D eigenvalue weighted by Gasteiger charge is -2.26. The number of carboxylic acid groups (broad SMARTS) is 1. The highest BCUT2D eigenvalue weighted by molar-refractivity contribution is 7.17. The fourth-order valence-electron chi connectivity index (χ4n) is 5.19. The van der Waals surface area contributed by atoms with Crippen LogP contribution in [0, 0.1) is 0 Å². The Morgan fingerprint density at radius 1 is 0.860 bits per heavy atom. The van der Waals surface area contributed by atoms with Crippen LogP contribution in [-0.4, -0.2) is 40.9 Å². The van der Waals surface area contributed by atoms with Gasteiger partial charge in [0.2, 0.25) is 0 Å². The second-order valence-electron chi connectivity index (χ2n) is 10.3. The lowest BCUT2D eigenvalue weighted by molar-refractivity contribution is -0.136. The summed E-state index contributed by atoms with van der Waals surface area (Å²) in [5, 5.41) is 14.8. The fraction of sp³-hybridized carbons (Fsp3) is 0.171. The van der Waals surface area contributed by atoms with Crippen molar-refractivity contribution in [3.63, 3.8) is 0 Å². The monoisotopic (exact) mass is 610 g/mol. The molecule has 0 aliphatic heterocycles. The van der Waals surface area contributed by atoms with Gasteiger partial charge in [-0.25, -0.2) is 0 Å². The van der Waals surface area contributed by atoms with E-state index >= 15 is 0 Å². The number of nitrogens with one attached hydrogen (secondary N) is 1. The van der Waals surface area contributed by atoms with E-state index < -0.39 is 5.97 Å². The van der Waals surface area contributed by atoms with Gasteiger partial charge in [-0.05, 0) is 53.4 Å². The third kappa shape index (κ3) is 7.69. The van der Waals surface area contributed by atoms with Gasteiger partial charge >= 0.3 is 5.97 Å². The first-order valence-electron chi connectivity index (χ1n) is 14.0. The molecule has 0 bridgehead atoms. The first-order valence-corrected chi connectivity index (χ1v) is 15.3. The molecule has 0 spiro atoms. The molecule has 218 valence electrons. The van der Waals surface area contributed by atoms with E-state index in [9.17, 15) is 14.4 Å². The molecule has 1 aromatic heterocycles. The minimum absolute atomic E-state index is 0.0388. The van der Waals surface area contributed by atoms with Crippen molar-refractivity contribution in [2.45, 2.75) is 25.3 Å². The van der Waals surface area contributed by atoms with Crippen LogP contribution < -0.4 is 5.32 Å². The second-order valence-corrected chi connectivity index (χ2v) is 11.6. The number of aliphatic carboxylic acids is 1. The first kappa shape index (κ1) is 30.0. The number of benzene rings is 4. The number of rotatable bonds is 12. The SMILES string of the molecule is O=C(O)CCNC(=O)c1cccc(CN(CCC(c2ccccc2)c2ccccc2)C(=O)c2csc3ccc(Cl)cc23)c1. The Morgan fingerprint density at radius 2 is 1.56 bits per heavy atom. The van der Waals surface area contributed by atoms with Crippen LogP contribution in [0.15, 0.2) is 109 Å². The molecule has 5 rings (SSSR count).